The Hall–Kier alpha value is -0.0577. The molecule has 0 aromatic carbocycles. The summed E-state index contributed by atoms with van der Waals surface area (Å²) >= 11 is 0. The largest absolute Gasteiger partial charge is 1.00 e. The maximum atomic E-state index is 2.39. The van der Waals surface area contributed by atoms with Gasteiger partial charge in [-0.3, -0.25) is 0 Å². The van der Waals surface area contributed by atoms with Gasteiger partial charge in [-0.15, -0.1) is 5.59 Å². The van der Waals surface area contributed by atoms with Gasteiger partial charge in [-0.25, -0.2) is 0 Å². The Morgan fingerprint density at radius 1 is 0.900 bits per heavy atom. The molecule has 1 aromatic heterocycles. The number of hydrogen-bond donors (Lipinski definition) is 0. The van der Waals surface area contributed by atoms with Crippen LogP contribution >= 0.6 is 0 Å². The van der Waals surface area contributed by atoms with E-state index >= 15 is 0 Å². The normalized spacial score (nSPS) is 11.4. The molecule has 0 spiro atoms. The van der Waals surface area contributed by atoms with Crippen molar-refractivity contribution >= 4 is 11.7 Å². The predicted molar refractivity (Wildman–Crippen MR) is 89.9 cm³/mol. The van der Waals surface area contributed by atoms with Crippen molar-refractivity contribution in [3.8, 4) is 0 Å². The molecule has 0 fully saturated rings. The quantitative estimate of drug-likeness (QED) is 0.573. The van der Waals surface area contributed by atoms with Crippen molar-refractivity contribution in [1.29, 1.82) is 0 Å². The molecule has 0 unspecified atom stereocenters. The van der Waals surface area contributed by atoms with Crippen molar-refractivity contribution in [2.24, 2.45) is 7.05 Å². The van der Waals surface area contributed by atoms with Gasteiger partial charge in [0.25, 0.3) is 0 Å². The number of rotatable bonds is 10. The van der Waals surface area contributed by atoms with E-state index in [0.29, 0.717) is 0 Å². The Labute approximate surface area is 139 Å². The topological polar surface area (TPSA) is 4.93 Å². The molecule has 0 saturated carbocycles. The molecule has 1 rings (SSSR count). The van der Waals surface area contributed by atoms with Gasteiger partial charge in [-0.05, 0) is 12.3 Å². The molecule has 0 aliphatic heterocycles. The van der Waals surface area contributed by atoms with Gasteiger partial charge >= 0.3 is 18.9 Å². The molecule has 110 valence electrons. The number of hydrogen-bond acceptors (Lipinski definition) is 0. The summed E-state index contributed by atoms with van der Waals surface area (Å²) in [5.41, 5.74) is 1.63. The Balaban J connectivity index is 0.00000361. The molecule has 1 heterocycles. The third kappa shape index (κ3) is 5.38. The Kier molecular flexibility index (Phi) is 10.6. The van der Waals surface area contributed by atoms with Gasteiger partial charge in [0.15, 0.2) is 0 Å². The minimum atomic E-state index is -0.332. The third-order valence-electron chi connectivity index (χ3n) is 4.94. The van der Waals surface area contributed by atoms with E-state index in [0.717, 1.165) is 0 Å². The molecule has 0 bridgehead atoms. The van der Waals surface area contributed by atoms with Gasteiger partial charge in [0, 0.05) is 13.2 Å². The number of aromatic nitrogens is 1. The summed E-state index contributed by atoms with van der Waals surface area (Å²) in [6.07, 6.45) is 14.3. The Morgan fingerprint density at radius 3 is 1.65 bits per heavy atom. The first-order chi connectivity index (χ1) is 9.20. The van der Waals surface area contributed by atoms with E-state index in [1.807, 2.05) is 0 Å². The minimum Gasteiger partial charge on any atom is -0.392 e. The van der Waals surface area contributed by atoms with Crippen LogP contribution in [0.1, 0.15) is 59.3 Å². The first kappa shape index (κ1) is 19.9. The molecule has 20 heavy (non-hydrogen) atoms. The van der Waals surface area contributed by atoms with Crippen LogP contribution in [-0.4, -0.2) is 10.7 Å². The van der Waals surface area contributed by atoms with Gasteiger partial charge in [-0.2, -0.15) is 19.0 Å². The molecule has 0 N–H and O–H groups in total. The molecule has 0 aliphatic rings. The average molecular weight is 269 g/mol. The molecule has 0 amide bonds. The van der Waals surface area contributed by atoms with Crippen LogP contribution in [0.25, 0.3) is 0 Å². The standard InChI is InChI=1S/C17H33BN.Li/c1-5-8-13-18(14-9-6-2,15-10-7-3)17-12-11-16-19(17)4;/h11-12,16H,5-10,13-15H2,1-4H3;/q-1;+1. The second-order valence-electron chi connectivity index (χ2n) is 6.45. The smallest absolute Gasteiger partial charge is 0.392 e. The zero-order valence-corrected chi connectivity index (χ0v) is 14.6. The van der Waals surface area contributed by atoms with Gasteiger partial charge in [0.05, 0.1) is 0 Å². The summed E-state index contributed by atoms with van der Waals surface area (Å²) in [5, 5.41) is 0. The average Bonchev–Trinajstić information content (AvgIpc) is 2.85. The van der Waals surface area contributed by atoms with E-state index in [4.69, 9.17) is 0 Å². The zero-order valence-electron chi connectivity index (χ0n) is 14.6. The first-order valence-electron chi connectivity index (χ1n) is 8.52. The number of nitrogens with zero attached hydrogens (tertiary/aromatic N) is 1. The molecule has 1 aromatic rings. The Morgan fingerprint density at radius 2 is 1.35 bits per heavy atom. The fourth-order valence-corrected chi connectivity index (χ4v) is 3.77. The summed E-state index contributed by atoms with van der Waals surface area (Å²) in [4.78, 5) is 0. The Bertz CT molecular complexity index is 327. The van der Waals surface area contributed by atoms with Crippen molar-refractivity contribution in [2.75, 3.05) is 0 Å². The van der Waals surface area contributed by atoms with Gasteiger partial charge in [0.1, 0.15) is 0 Å². The zero-order chi connectivity index (χ0) is 14.1. The maximum Gasteiger partial charge on any atom is 1.00 e. The minimum absolute atomic E-state index is 0. The van der Waals surface area contributed by atoms with Crippen LogP contribution in [0.4, 0.5) is 0 Å². The second kappa shape index (κ2) is 10.6. The van der Waals surface area contributed by atoms with Crippen LogP contribution in [0.2, 0.25) is 19.0 Å². The SMILES string of the molecule is CCCC[B-](CCCC)(CCCC)c1cccn1C.[Li+]. The monoisotopic (exact) mass is 269 g/mol. The molecule has 0 saturated heterocycles. The third-order valence-corrected chi connectivity index (χ3v) is 4.94. The van der Waals surface area contributed by atoms with E-state index in [2.05, 4.69) is 50.7 Å². The van der Waals surface area contributed by atoms with E-state index < -0.39 is 0 Å². The van der Waals surface area contributed by atoms with Crippen LogP contribution in [0.3, 0.4) is 0 Å². The van der Waals surface area contributed by atoms with E-state index in [1.165, 1.54) is 57.5 Å². The second-order valence-corrected chi connectivity index (χ2v) is 6.45. The van der Waals surface area contributed by atoms with E-state index in [1.54, 1.807) is 5.59 Å². The maximum absolute atomic E-state index is 2.39. The molecular weight excluding hydrogens is 236 g/mol. The molecular formula is C17H33BLiN. The van der Waals surface area contributed by atoms with Gasteiger partial charge in [-0.1, -0.05) is 65.4 Å². The fourth-order valence-electron chi connectivity index (χ4n) is 3.77. The van der Waals surface area contributed by atoms with Crippen LogP contribution in [0, 0.1) is 0 Å². The van der Waals surface area contributed by atoms with Crippen LogP contribution in [-0.2, 0) is 7.05 Å². The van der Waals surface area contributed by atoms with Crippen molar-refractivity contribution in [3.63, 3.8) is 0 Å². The van der Waals surface area contributed by atoms with E-state index in [-0.39, 0.29) is 25.0 Å². The fraction of sp³-hybridized carbons (Fsp3) is 0.765. The first-order valence-corrected chi connectivity index (χ1v) is 8.52. The molecule has 1 nitrogen and oxygen atoms in total. The van der Waals surface area contributed by atoms with Crippen molar-refractivity contribution in [3.05, 3.63) is 18.3 Å². The summed E-state index contributed by atoms with van der Waals surface area (Å²) < 4.78 is 2.39. The number of aryl methyl sites for hydroxylation is 1. The van der Waals surface area contributed by atoms with Gasteiger partial charge in [0.2, 0.25) is 0 Å². The van der Waals surface area contributed by atoms with Crippen molar-refractivity contribution in [1.82, 2.24) is 4.57 Å². The summed E-state index contributed by atoms with van der Waals surface area (Å²) in [7, 11) is 2.23. The van der Waals surface area contributed by atoms with Crippen molar-refractivity contribution < 1.29 is 18.9 Å². The summed E-state index contributed by atoms with van der Waals surface area (Å²) in [6, 6.07) is 4.62. The van der Waals surface area contributed by atoms with Gasteiger partial charge < -0.3 is 4.57 Å². The molecule has 0 radical (unpaired) electrons. The molecule has 0 aliphatic carbocycles. The molecule has 3 heteroatoms. The van der Waals surface area contributed by atoms with Crippen LogP contribution < -0.4 is 24.5 Å². The summed E-state index contributed by atoms with van der Waals surface area (Å²) in [5.74, 6) is 0. The van der Waals surface area contributed by atoms with E-state index in [9.17, 15) is 0 Å². The van der Waals surface area contributed by atoms with Crippen LogP contribution in [0.15, 0.2) is 18.3 Å². The number of unbranched alkanes of at least 4 members (excludes halogenated alkanes) is 3. The van der Waals surface area contributed by atoms with Crippen LogP contribution in [0.5, 0.6) is 0 Å². The molecule has 0 atom stereocenters. The van der Waals surface area contributed by atoms with Crippen molar-refractivity contribution in [2.45, 2.75) is 78.3 Å². The predicted octanol–water partition coefficient (Wildman–Crippen LogP) is 2.09. The summed E-state index contributed by atoms with van der Waals surface area (Å²) in [6.45, 7) is 6.97.